The van der Waals surface area contributed by atoms with E-state index >= 15 is 0 Å². The van der Waals surface area contributed by atoms with Gasteiger partial charge in [-0.3, -0.25) is 0 Å². The van der Waals surface area contributed by atoms with Crippen molar-refractivity contribution in [1.82, 2.24) is 9.97 Å². The average Bonchev–Trinajstić information content (AvgIpc) is 2.26. The largest absolute Gasteiger partial charge is 0.508 e. The van der Waals surface area contributed by atoms with Crippen LogP contribution in [0.25, 0.3) is 0 Å². The van der Waals surface area contributed by atoms with E-state index in [1.54, 1.807) is 18.2 Å². The Kier molecular flexibility index (Phi) is 3.69. The van der Waals surface area contributed by atoms with Crippen LogP contribution in [0.4, 0.5) is 0 Å². The number of aromatic nitrogens is 2. The number of aryl methyl sites for hydroxylation is 2. The molecule has 1 aromatic carbocycles. The smallest absolute Gasteiger partial charge is 0.222 e. The molecule has 0 saturated heterocycles. The molecular formula is C15H18N2O2. The van der Waals surface area contributed by atoms with Gasteiger partial charge in [-0.05, 0) is 31.5 Å². The zero-order valence-corrected chi connectivity index (χ0v) is 11.6. The number of phenolic OH excluding ortho intramolecular Hbond substituents is 1. The molecule has 0 fully saturated rings. The van der Waals surface area contributed by atoms with Gasteiger partial charge < -0.3 is 9.84 Å². The highest BCUT2D eigenvalue weighted by Gasteiger charge is 2.08. The molecule has 2 rings (SSSR count). The molecule has 0 bridgehead atoms. The maximum absolute atomic E-state index is 9.56. The summed E-state index contributed by atoms with van der Waals surface area (Å²) in [4.78, 5) is 8.74. The lowest BCUT2D eigenvalue weighted by molar-refractivity contribution is 0.441. The second kappa shape index (κ2) is 5.26. The van der Waals surface area contributed by atoms with Crippen molar-refractivity contribution in [2.45, 2.75) is 33.6 Å². The van der Waals surface area contributed by atoms with Crippen LogP contribution in [0, 0.1) is 13.8 Å². The summed E-state index contributed by atoms with van der Waals surface area (Å²) >= 11 is 0. The lowest BCUT2D eigenvalue weighted by Gasteiger charge is -2.10. The number of ether oxygens (including phenoxy) is 1. The van der Waals surface area contributed by atoms with E-state index in [1.807, 2.05) is 33.8 Å². The van der Waals surface area contributed by atoms with Crippen molar-refractivity contribution in [2.75, 3.05) is 0 Å². The van der Waals surface area contributed by atoms with Crippen LogP contribution in [0.5, 0.6) is 17.4 Å². The van der Waals surface area contributed by atoms with Crippen LogP contribution in [0.1, 0.15) is 36.8 Å². The Morgan fingerprint density at radius 2 is 1.79 bits per heavy atom. The van der Waals surface area contributed by atoms with E-state index in [0.717, 1.165) is 17.1 Å². The maximum atomic E-state index is 9.56. The minimum atomic E-state index is 0.185. The van der Waals surface area contributed by atoms with Crippen LogP contribution in [-0.2, 0) is 0 Å². The Morgan fingerprint density at radius 3 is 2.42 bits per heavy atom. The second-order valence-corrected chi connectivity index (χ2v) is 4.97. The van der Waals surface area contributed by atoms with Gasteiger partial charge in [0.2, 0.25) is 5.88 Å². The van der Waals surface area contributed by atoms with E-state index in [0.29, 0.717) is 11.6 Å². The fourth-order valence-electron chi connectivity index (χ4n) is 1.78. The van der Waals surface area contributed by atoms with Crippen LogP contribution in [-0.4, -0.2) is 15.1 Å². The highest BCUT2D eigenvalue weighted by atomic mass is 16.5. The lowest BCUT2D eigenvalue weighted by Crippen LogP contribution is -2.01. The van der Waals surface area contributed by atoms with Gasteiger partial charge in [-0.1, -0.05) is 13.8 Å². The van der Waals surface area contributed by atoms with Gasteiger partial charge in [0.05, 0.1) is 0 Å². The highest BCUT2D eigenvalue weighted by Crippen LogP contribution is 2.26. The number of rotatable bonds is 3. The minimum absolute atomic E-state index is 0.185. The predicted octanol–water partition coefficient (Wildman–Crippen LogP) is 3.71. The van der Waals surface area contributed by atoms with Crippen LogP contribution in [0.3, 0.4) is 0 Å². The van der Waals surface area contributed by atoms with Gasteiger partial charge in [0.1, 0.15) is 17.3 Å². The van der Waals surface area contributed by atoms with Gasteiger partial charge in [-0.25, -0.2) is 4.98 Å². The predicted molar refractivity (Wildman–Crippen MR) is 73.8 cm³/mol. The Bertz CT molecular complexity index is 574. The molecule has 4 heteroatoms. The molecule has 0 radical (unpaired) electrons. The van der Waals surface area contributed by atoms with Crippen LogP contribution in [0.15, 0.2) is 24.3 Å². The Morgan fingerprint density at radius 1 is 1.05 bits per heavy atom. The normalized spacial score (nSPS) is 10.8. The second-order valence-electron chi connectivity index (χ2n) is 4.97. The molecule has 0 unspecified atom stereocenters. The molecule has 1 aromatic heterocycles. The number of benzene rings is 1. The fourth-order valence-corrected chi connectivity index (χ4v) is 1.78. The van der Waals surface area contributed by atoms with Crippen molar-refractivity contribution >= 4 is 0 Å². The van der Waals surface area contributed by atoms with E-state index < -0.39 is 0 Å². The van der Waals surface area contributed by atoms with Gasteiger partial charge in [0.25, 0.3) is 0 Å². The van der Waals surface area contributed by atoms with Gasteiger partial charge in [0, 0.05) is 23.7 Å². The first-order valence-corrected chi connectivity index (χ1v) is 6.28. The SMILES string of the molecule is Cc1cc(O)cc(Oc2cc(C)nc(C(C)C)n2)c1. The van der Waals surface area contributed by atoms with E-state index in [9.17, 15) is 5.11 Å². The van der Waals surface area contributed by atoms with E-state index in [2.05, 4.69) is 9.97 Å². The van der Waals surface area contributed by atoms with E-state index in [4.69, 9.17) is 4.74 Å². The summed E-state index contributed by atoms with van der Waals surface area (Å²) < 4.78 is 5.70. The quantitative estimate of drug-likeness (QED) is 0.911. The Labute approximate surface area is 113 Å². The Hall–Kier alpha value is -2.10. The topological polar surface area (TPSA) is 55.2 Å². The molecule has 0 atom stereocenters. The summed E-state index contributed by atoms with van der Waals surface area (Å²) in [6, 6.07) is 6.88. The first-order valence-electron chi connectivity index (χ1n) is 6.28. The summed E-state index contributed by atoms with van der Waals surface area (Å²) in [5, 5.41) is 9.56. The molecule has 1 heterocycles. The molecule has 2 aromatic rings. The molecule has 1 N–H and O–H groups in total. The molecule has 0 saturated carbocycles. The third kappa shape index (κ3) is 3.44. The van der Waals surface area contributed by atoms with Crippen LogP contribution < -0.4 is 4.74 Å². The lowest BCUT2D eigenvalue weighted by atomic mass is 10.2. The zero-order valence-electron chi connectivity index (χ0n) is 11.6. The molecule has 0 aliphatic rings. The molecule has 0 amide bonds. The van der Waals surface area contributed by atoms with Crippen LogP contribution >= 0.6 is 0 Å². The van der Waals surface area contributed by atoms with Crippen molar-refractivity contribution in [3.8, 4) is 17.4 Å². The fraction of sp³-hybridized carbons (Fsp3) is 0.333. The first-order chi connectivity index (χ1) is 8.94. The zero-order chi connectivity index (χ0) is 14.0. The highest BCUT2D eigenvalue weighted by molar-refractivity contribution is 5.38. The summed E-state index contributed by atoms with van der Waals surface area (Å²) in [6.45, 7) is 7.89. The average molecular weight is 258 g/mol. The maximum Gasteiger partial charge on any atom is 0.222 e. The van der Waals surface area contributed by atoms with Crippen LogP contribution in [0.2, 0.25) is 0 Å². The number of nitrogens with zero attached hydrogens (tertiary/aromatic N) is 2. The van der Waals surface area contributed by atoms with Crippen molar-refractivity contribution in [3.63, 3.8) is 0 Å². The van der Waals surface area contributed by atoms with E-state index in [-0.39, 0.29) is 11.7 Å². The standard InChI is InChI=1S/C15H18N2O2/c1-9(2)15-16-11(4)7-14(17-15)19-13-6-10(3)5-12(18)8-13/h5-9,18H,1-4H3. The summed E-state index contributed by atoms with van der Waals surface area (Å²) in [5.41, 5.74) is 1.80. The third-order valence-corrected chi connectivity index (χ3v) is 2.62. The molecule has 0 aliphatic heterocycles. The van der Waals surface area contributed by atoms with Gasteiger partial charge in [-0.2, -0.15) is 4.98 Å². The Balaban J connectivity index is 2.32. The summed E-state index contributed by atoms with van der Waals surface area (Å²) in [6.07, 6.45) is 0. The monoisotopic (exact) mass is 258 g/mol. The molecule has 0 spiro atoms. The molecule has 0 aliphatic carbocycles. The summed E-state index contributed by atoms with van der Waals surface area (Å²) in [5.74, 6) is 2.26. The molecule has 19 heavy (non-hydrogen) atoms. The van der Waals surface area contributed by atoms with Gasteiger partial charge in [0.15, 0.2) is 0 Å². The first kappa shape index (κ1) is 13.3. The third-order valence-electron chi connectivity index (χ3n) is 2.62. The van der Waals surface area contributed by atoms with Crippen molar-refractivity contribution < 1.29 is 9.84 Å². The van der Waals surface area contributed by atoms with Crippen molar-refractivity contribution in [3.05, 3.63) is 41.3 Å². The van der Waals surface area contributed by atoms with Gasteiger partial charge in [-0.15, -0.1) is 0 Å². The van der Waals surface area contributed by atoms with Crippen molar-refractivity contribution in [2.24, 2.45) is 0 Å². The molecule has 100 valence electrons. The number of hydrogen-bond donors (Lipinski definition) is 1. The molecule has 4 nitrogen and oxygen atoms in total. The number of phenols is 1. The number of aromatic hydroxyl groups is 1. The van der Waals surface area contributed by atoms with Gasteiger partial charge >= 0.3 is 0 Å². The minimum Gasteiger partial charge on any atom is -0.508 e. The number of hydrogen-bond acceptors (Lipinski definition) is 4. The van der Waals surface area contributed by atoms with Crippen molar-refractivity contribution in [1.29, 1.82) is 0 Å². The van der Waals surface area contributed by atoms with E-state index in [1.165, 1.54) is 0 Å². The summed E-state index contributed by atoms with van der Waals surface area (Å²) in [7, 11) is 0. The molecular weight excluding hydrogens is 240 g/mol.